The van der Waals surface area contributed by atoms with Gasteiger partial charge >= 0.3 is 6.03 Å². The highest BCUT2D eigenvalue weighted by atomic mass is 32.2. The molecule has 47 heavy (non-hydrogen) atoms. The Morgan fingerprint density at radius 1 is 0.979 bits per heavy atom. The predicted molar refractivity (Wildman–Crippen MR) is 179 cm³/mol. The zero-order valence-corrected chi connectivity index (χ0v) is 30.5. The number of nitrogens with zero attached hydrogens (tertiary/aromatic N) is 2. The van der Waals surface area contributed by atoms with E-state index in [1.165, 1.54) is 25.1 Å². The number of sulfonamides is 1. The summed E-state index contributed by atoms with van der Waals surface area (Å²) < 4.78 is 26.5. The highest BCUT2D eigenvalue weighted by molar-refractivity contribution is 7.89. The fourth-order valence-corrected chi connectivity index (χ4v) is 7.72. The molecular formula is C33H56N6O7S. The Labute approximate surface area is 280 Å². The maximum absolute atomic E-state index is 14.3. The standard InChI is InChI=1S/C33H56N6O7S/c1-12-15-34-28(42)25(40)21(16-19-13-14-19)35-27(41)24-23-20(33(23,8)9)17-39(24)29(43)26(32(5,6)7)37-30(44)36-22(31(2,3)4)18-47(45,46)38(10)11/h12,19-24,26H,1,13-18H2,2-11H3,(H,34,42)(H,35,41)(H2,36,37,44)/t20-,21?,22+,23-,24-,26+/m0/s1. The fourth-order valence-electron chi connectivity index (χ4n) is 6.41. The van der Waals surface area contributed by atoms with E-state index in [0.717, 1.165) is 17.1 Å². The third-order valence-corrected chi connectivity index (χ3v) is 11.8. The molecule has 1 saturated heterocycles. The maximum atomic E-state index is 14.3. The van der Waals surface area contributed by atoms with Gasteiger partial charge in [-0.15, -0.1) is 6.58 Å². The molecule has 0 radical (unpaired) electrons. The van der Waals surface area contributed by atoms with Crippen LogP contribution in [0.3, 0.4) is 0 Å². The van der Waals surface area contributed by atoms with Gasteiger partial charge in [0.15, 0.2) is 0 Å². The van der Waals surface area contributed by atoms with Crippen LogP contribution in [0.2, 0.25) is 0 Å². The van der Waals surface area contributed by atoms with E-state index in [0.29, 0.717) is 13.0 Å². The lowest BCUT2D eigenvalue weighted by atomic mass is 9.85. The van der Waals surface area contributed by atoms with Gasteiger partial charge in [-0.3, -0.25) is 19.2 Å². The van der Waals surface area contributed by atoms with Crippen molar-refractivity contribution >= 4 is 39.6 Å². The Kier molecular flexibility index (Phi) is 11.3. The molecule has 0 spiro atoms. The number of urea groups is 1. The minimum Gasteiger partial charge on any atom is -0.346 e. The lowest BCUT2D eigenvalue weighted by Gasteiger charge is -2.38. The Morgan fingerprint density at radius 3 is 2.06 bits per heavy atom. The molecule has 2 saturated carbocycles. The van der Waals surface area contributed by atoms with Crippen LogP contribution in [0.4, 0.5) is 4.79 Å². The molecule has 0 aromatic heterocycles. The maximum Gasteiger partial charge on any atom is 0.315 e. The number of hydrogen-bond donors (Lipinski definition) is 4. The van der Waals surface area contributed by atoms with E-state index >= 15 is 0 Å². The second-order valence-corrected chi connectivity index (χ2v) is 18.6. The van der Waals surface area contributed by atoms with Gasteiger partial charge in [-0.2, -0.15) is 0 Å². The van der Waals surface area contributed by atoms with E-state index in [-0.39, 0.29) is 35.5 Å². The van der Waals surface area contributed by atoms with Crippen LogP contribution in [0.1, 0.15) is 74.7 Å². The Morgan fingerprint density at radius 2 is 1.57 bits per heavy atom. The number of carbonyl (C=O) groups is 5. The number of fused-ring (bicyclic) bond motifs is 1. The van der Waals surface area contributed by atoms with E-state index < -0.39 is 74.6 Å². The van der Waals surface area contributed by atoms with Crippen LogP contribution >= 0.6 is 0 Å². The number of piperidine rings is 1. The number of rotatable bonds is 14. The lowest BCUT2D eigenvalue weighted by Crippen LogP contribution is -2.62. The number of Topliss-reactive ketones (excluding diaryl/α,β-unsaturated/α-hetero) is 1. The predicted octanol–water partition coefficient (Wildman–Crippen LogP) is 1.65. The molecule has 1 heterocycles. The van der Waals surface area contributed by atoms with Crippen LogP contribution in [-0.4, -0.2) is 104 Å². The highest BCUT2D eigenvalue weighted by Gasteiger charge is 2.70. The van der Waals surface area contributed by atoms with Crippen LogP contribution in [0.5, 0.6) is 0 Å². The molecule has 0 aromatic carbocycles. The van der Waals surface area contributed by atoms with E-state index in [1.807, 2.05) is 34.6 Å². The summed E-state index contributed by atoms with van der Waals surface area (Å²) in [6.45, 7) is 18.9. The van der Waals surface area contributed by atoms with Gasteiger partial charge in [0.1, 0.15) is 12.1 Å². The largest absolute Gasteiger partial charge is 0.346 e. The molecule has 3 rings (SSSR count). The molecule has 1 unspecified atom stereocenters. The highest BCUT2D eigenvalue weighted by Crippen LogP contribution is 2.65. The first-order chi connectivity index (χ1) is 21.4. The van der Waals surface area contributed by atoms with Crippen molar-refractivity contribution in [2.75, 3.05) is 32.9 Å². The number of nitrogens with one attached hydrogen (secondary N) is 4. The molecule has 5 amide bonds. The van der Waals surface area contributed by atoms with Gasteiger partial charge in [0.2, 0.25) is 27.6 Å². The summed E-state index contributed by atoms with van der Waals surface area (Å²) in [7, 11) is -0.794. The fraction of sp³-hybridized carbons (Fsp3) is 0.788. The molecule has 1 aliphatic heterocycles. The molecule has 4 N–H and O–H groups in total. The second kappa shape index (κ2) is 13.9. The normalized spacial score (nSPS) is 24.0. The van der Waals surface area contributed by atoms with Crippen molar-refractivity contribution in [3.05, 3.63) is 12.7 Å². The SMILES string of the molecule is C=CCNC(=O)C(=O)C(CC1CC1)NC(=O)[C@@H]1[C@@H]2[C@H](CN1C(=O)[C@@H](NC(=O)N[C@H](CS(=O)(=O)N(C)C)C(C)(C)C)C(C)(C)C)C2(C)C. The number of amides is 5. The lowest BCUT2D eigenvalue weighted by molar-refractivity contribution is -0.145. The number of carbonyl (C=O) groups excluding carboxylic acids is 5. The molecule has 266 valence electrons. The van der Waals surface area contributed by atoms with Crippen LogP contribution in [-0.2, 0) is 29.2 Å². The number of hydrogen-bond acceptors (Lipinski definition) is 7. The van der Waals surface area contributed by atoms with Gasteiger partial charge < -0.3 is 26.2 Å². The van der Waals surface area contributed by atoms with E-state index in [2.05, 4.69) is 27.8 Å². The topological polar surface area (TPSA) is 174 Å². The quantitative estimate of drug-likeness (QED) is 0.159. The van der Waals surface area contributed by atoms with Crippen molar-refractivity contribution in [1.29, 1.82) is 0 Å². The van der Waals surface area contributed by atoms with Gasteiger partial charge in [-0.1, -0.05) is 74.3 Å². The minimum absolute atomic E-state index is 0.0478. The summed E-state index contributed by atoms with van der Waals surface area (Å²) in [5, 5.41) is 10.9. The zero-order valence-electron chi connectivity index (χ0n) is 29.7. The average molecular weight is 681 g/mol. The first kappa shape index (κ1) is 38.4. The summed E-state index contributed by atoms with van der Waals surface area (Å²) in [5.41, 5.74) is -1.61. The molecule has 2 aliphatic carbocycles. The van der Waals surface area contributed by atoms with Crippen molar-refractivity contribution in [2.45, 2.75) is 98.8 Å². The summed E-state index contributed by atoms with van der Waals surface area (Å²) in [6, 6.07) is -4.44. The zero-order chi connectivity index (χ0) is 35.9. The minimum atomic E-state index is -3.65. The van der Waals surface area contributed by atoms with Crippen molar-refractivity contribution in [2.24, 2.45) is 34.0 Å². The van der Waals surface area contributed by atoms with Crippen LogP contribution < -0.4 is 21.3 Å². The molecule has 13 nitrogen and oxygen atoms in total. The molecular weight excluding hydrogens is 624 g/mol. The Balaban J connectivity index is 1.84. The molecule has 0 bridgehead atoms. The Hall–Kier alpha value is -3.00. The summed E-state index contributed by atoms with van der Waals surface area (Å²) in [5.74, 6) is -2.67. The van der Waals surface area contributed by atoms with Crippen LogP contribution in [0, 0.1) is 34.0 Å². The molecule has 3 aliphatic rings. The van der Waals surface area contributed by atoms with Crippen LogP contribution in [0.15, 0.2) is 12.7 Å². The van der Waals surface area contributed by atoms with Gasteiger partial charge in [0, 0.05) is 27.2 Å². The van der Waals surface area contributed by atoms with E-state index in [9.17, 15) is 32.4 Å². The van der Waals surface area contributed by atoms with Gasteiger partial charge in [0.25, 0.3) is 5.91 Å². The first-order valence-corrected chi connectivity index (χ1v) is 18.0. The molecule has 3 fully saturated rings. The smallest absolute Gasteiger partial charge is 0.315 e. The number of likely N-dealkylation sites (tertiary alicyclic amines) is 1. The number of ketones is 1. The average Bonchev–Trinajstić information content (AvgIpc) is 3.79. The second-order valence-electron chi connectivity index (χ2n) is 16.4. The molecule has 14 heteroatoms. The van der Waals surface area contributed by atoms with Crippen molar-refractivity contribution in [1.82, 2.24) is 30.5 Å². The molecule has 6 atom stereocenters. The van der Waals surface area contributed by atoms with Crippen molar-refractivity contribution in [3.63, 3.8) is 0 Å². The van der Waals surface area contributed by atoms with Gasteiger partial charge in [-0.05, 0) is 40.4 Å². The van der Waals surface area contributed by atoms with Crippen molar-refractivity contribution in [3.8, 4) is 0 Å². The first-order valence-electron chi connectivity index (χ1n) is 16.4. The summed E-state index contributed by atoms with van der Waals surface area (Å²) in [6.07, 6.45) is 3.64. The van der Waals surface area contributed by atoms with Crippen molar-refractivity contribution < 1.29 is 32.4 Å². The van der Waals surface area contributed by atoms with Gasteiger partial charge in [0.05, 0.1) is 17.8 Å². The van der Waals surface area contributed by atoms with E-state index in [1.54, 1.807) is 20.8 Å². The summed E-state index contributed by atoms with van der Waals surface area (Å²) in [4.78, 5) is 68.9. The Bertz CT molecular complexity index is 1360. The van der Waals surface area contributed by atoms with Crippen LogP contribution in [0.25, 0.3) is 0 Å². The molecule has 0 aromatic rings. The van der Waals surface area contributed by atoms with Gasteiger partial charge in [-0.25, -0.2) is 17.5 Å². The van der Waals surface area contributed by atoms with E-state index in [4.69, 9.17) is 0 Å². The monoisotopic (exact) mass is 680 g/mol. The third-order valence-electron chi connectivity index (χ3n) is 9.96. The third kappa shape index (κ3) is 9.13. The summed E-state index contributed by atoms with van der Waals surface area (Å²) >= 11 is 0.